The van der Waals surface area contributed by atoms with Crippen LogP contribution in [0.5, 0.6) is 0 Å². The first-order valence-corrected chi connectivity index (χ1v) is 9.46. The van der Waals surface area contributed by atoms with E-state index in [9.17, 15) is 9.59 Å². The number of nitrogens with zero attached hydrogens (tertiary/aromatic N) is 4. The summed E-state index contributed by atoms with van der Waals surface area (Å²) in [6, 6.07) is -0.415. The molecular formula is C15H22N4O3S2. The minimum atomic E-state index is -0.584. The van der Waals surface area contributed by atoms with E-state index in [0.29, 0.717) is 16.2 Å². The topological polar surface area (TPSA) is 77.3 Å². The summed E-state index contributed by atoms with van der Waals surface area (Å²) in [5, 5.41) is 0. The van der Waals surface area contributed by atoms with Crippen molar-refractivity contribution < 1.29 is 9.53 Å². The zero-order valence-electron chi connectivity index (χ0n) is 14.9. The molecule has 9 heteroatoms. The van der Waals surface area contributed by atoms with Crippen LogP contribution in [-0.4, -0.2) is 44.4 Å². The highest BCUT2D eigenvalue weighted by atomic mass is 32.2. The Morgan fingerprint density at radius 1 is 1.38 bits per heavy atom. The summed E-state index contributed by atoms with van der Waals surface area (Å²) < 4.78 is 7.61. The molecule has 132 valence electrons. The van der Waals surface area contributed by atoms with Gasteiger partial charge in [0, 0.05) is 14.1 Å². The Morgan fingerprint density at radius 2 is 2.00 bits per heavy atom. The minimum absolute atomic E-state index is 0.212. The first kappa shape index (κ1) is 18.7. The van der Waals surface area contributed by atoms with Crippen LogP contribution < -0.4 is 5.56 Å². The molecule has 0 aliphatic carbocycles. The number of hydrogen-bond acceptors (Lipinski definition) is 7. The van der Waals surface area contributed by atoms with E-state index >= 15 is 0 Å². The van der Waals surface area contributed by atoms with Gasteiger partial charge >= 0.3 is 6.09 Å². The van der Waals surface area contributed by atoms with Crippen LogP contribution in [0, 0.1) is 0 Å². The molecule has 7 nitrogen and oxygen atoms in total. The third-order valence-corrected chi connectivity index (χ3v) is 5.40. The Morgan fingerprint density at radius 3 is 2.54 bits per heavy atom. The van der Waals surface area contributed by atoms with Gasteiger partial charge in [-0.25, -0.2) is 14.8 Å². The molecule has 2 aromatic heterocycles. The molecule has 1 amide bonds. The molecule has 0 unspecified atom stereocenters. The van der Waals surface area contributed by atoms with Crippen LogP contribution in [0.4, 0.5) is 4.79 Å². The summed E-state index contributed by atoms with van der Waals surface area (Å²) in [5.41, 5.74) is -0.432. The second-order valence-corrected chi connectivity index (χ2v) is 8.47. The van der Waals surface area contributed by atoms with E-state index in [2.05, 4.69) is 9.97 Å². The summed E-state index contributed by atoms with van der Waals surface area (Å²) in [5.74, 6) is 0.497. The number of hydrogen-bond donors (Lipinski definition) is 0. The molecular weight excluding hydrogens is 348 g/mol. The van der Waals surface area contributed by atoms with Crippen molar-refractivity contribution in [2.45, 2.75) is 43.7 Å². The van der Waals surface area contributed by atoms with E-state index in [1.807, 2.05) is 34.0 Å². The highest BCUT2D eigenvalue weighted by Gasteiger charge is 2.27. The van der Waals surface area contributed by atoms with Crippen molar-refractivity contribution in [3.05, 3.63) is 16.2 Å². The molecule has 24 heavy (non-hydrogen) atoms. The highest BCUT2D eigenvalue weighted by molar-refractivity contribution is 8.00. The summed E-state index contributed by atoms with van der Waals surface area (Å²) in [6.45, 7) is 7.24. The summed E-state index contributed by atoms with van der Waals surface area (Å²) in [7, 11) is 3.27. The van der Waals surface area contributed by atoms with Crippen molar-refractivity contribution in [3.8, 4) is 0 Å². The lowest BCUT2D eigenvalue weighted by Crippen LogP contribution is -2.38. The van der Waals surface area contributed by atoms with Gasteiger partial charge in [0.05, 0.1) is 6.04 Å². The molecule has 2 rings (SSSR count). The van der Waals surface area contributed by atoms with E-state index in [0.717, 1.165) is 4.34 Å². The Hall–Kier alpha value is -1.61. The lowest BCUT2D eigenvalue weighted by molar-refractivity contribution is 0.0224. The number of carbonyl (C=O) groups excluding carboxylic acids is 1. The number of aromatic nitrogens is 3. The van der Waals surface area contributed by atoms with Crippen molar-refractivity contribution >= 4 is 39.5 Å². The van der Waals surface area contributed by atoms with Gasteiger partial charge in [0.25, 0.3) is 5.56 Å². The number of amides is 1. The molecule has 0 bridgehead atoms. The molecule has 0 fully saturated rings. The second kappa shape index (κ2) is 6.72. The van der Waals surface area contributed by atoms with Gasteiger partial charge in [0.2, 0.25) is 0 Å². The van der Waals surface area contributed by atoms with Crippen molar-refractivity contribution in [3.63, 3.8) is 0 Å². The van der Waals surface area contributed by atoms with Crippen molar-refractivity contribution in [2.24, 2.45) is 7.05 Å². The van der Waals surface area contributed by atoms with Crippen LogP contribution in [-0.2, 0) is 11.8 Å². The van der Waals surface area contributed by atoms with E-state index in [1.165, 1.54) is 32.6 Å². The molecule has 0 spiro atoms. The Bertz CT molecular complexity index is 822. The molecule has 0 N–H and O–H groups in total. The first-order chi connectivity index (χ1) is 11.0. The van der Waals surface area contributed by atoms with Gasteiger partial charge in [-0.2, -0.15) is 0 Å². The largest absolute Gasteiger partial charge is 0.444 e. The molecule has 0 radical (unpaired) electrons. The van der Waals surface area contributed by atoms with Crippen molar-refractivity contribution in [1.29, 1.82) is 0 Å². The zero-order valence-corrected chi connectivity index (χ0v) is 16.5. The van der Waals surface area contributed by atoms with E-state index in [-0.39, 0.29) is 5.56 Å². The lowest BCUT2D eigenvalue weighted by Gasteiger charge is -2.28. The average molecular weight is 371 g/mol. The smallest absolute Gasteiger partial charge is 0.410 e. The summed E-state index contributed by atoms with van der Waals surface area (Å²) in [6.07, 6.45) is 1.45. The fraction of sp³-hybridized carbons (Fsp3) is 0.600. The standard InChI is InChI=1S/C15H22N4O3S2/c1-8(18(5)14(21)22-15(2,3)4)10-17-11-9(12(20)19(10)6)16-13(23-7)24-11/h8H,1-7H3/t8-/m0/s1. The Labute approximate surface area is 149 Å². The Kier molecular flexibility index (Phi) is 5.24. The first-order valence-electron chi connectivity index (χ1n) is 7.42. The van der Waals surface area contributed by atoms with Gasteiger partial charge in [-0.05, 0) is 34.0 Å². The van der Waals surface area contributed by atoms with Crippen LogP contribution >= 0.6 is 23.1 Å². The SMILES string of the molecule is CSc1nc2c(=O)n(C)c([C@H](C)N(C)C(=O)OC(C)(C)C)nc2s1. The van der Waals surface area contributed by atoms with Crippen molar-refractivity contribution in [1.82, 2.24) is 19.4 Å². The molecule has 0 aromatic carbocycles. The minimum Gasteiger partial charge on any atom is -0.444 e. The monoisotopic (exact) mass is 370 g/mol. The normalized spacial score (nSPS) is 13.1. The number of ether oxygens (including phenoxy) is 1. The van der Waals surface area contributed by atoms with E-state index in [4.69, 9.17) is 4.74 Å². The molecule has 1 atom stereocenters. The maximum Gasteiger partial charge on any atom is 0.410 e. The van der Waals surface area contributed by atoms with Crippen LogP contribution in [0.3, 0.4) is 0 Å². The zero-order chi connectivity index (χ0) is 18.2. The number of thiazole rings is 1. The molecule has 0 saturated heterocycles. The third kappa shape index (κ3) is 3.72. The second-order valence-electron chi connectivity index (χ2n) is 6.44. The van der Waals surface area contributed by atoms with Crippen LogP contribution in [0.25, 0.3) is 10.3 Å². The van der Waals surface area contributed by atoms with E-state index in [1.54, 1.807) is 14.1 Å². The van der Waals surface area contributed by atoms with Gasteiger partial charge < -0.3 is 9.64 Å². The maximum atomic E-state index is 12.5. The quantitative estimate of drug-likeness (QED) is 0.773. The van der Waals surface area contributed by atoms with E-state index < -0.39 is 17.7 Å². The predicted molar refractivity (Wildman–Crippen MR) is 96.8 cm³/mol. The van der Waals surface area contributed by atoms with Gasteiger partial charge in [-0.1, -0.05) is 23.1 Å². The summed E-state index contributed by atoms with van der Waals surface area (Å²) in [4.78, 5) is 35.7. The number of rotatable bonds is 3. The van der Waals surface area contributed by atoms with Gasteiger partial charge in [-0.15, -0.1) is 0 Å². The lowest BCUT2D eigenvalue weighted by atomic mass is 10.2. The highest BCUT2D eigenvalue weighted by Crippen LogP contribution is 2.27. The number of fused-ring (bicyclic) bond motifs is 1. The molecule has 2 heterocycles. The fourth-order valence-electron chi connectivity index (χ4n) is 2.08. The van der Waals surface area contributed by atoms with Crippen LogP contribution in [0.2, 0.25) is 0 Å². The maximum absolute atomic E-state index is 12.5. The van der Waals surface area contributed by atoms with Crippen LogP contribution in [0.15, 0.2) is 9.13 Å². The number of carbonyl (C=O) groups is 1. The van der Waals surface area contributed by atoms with Crippen LogP contribution in [0.1, 0.15) is 39.6 Å². The fourth-order valence-corrected chi connectivity index (χ4v) is 3.50. The number of thioether (sulfide) groups is 1. The van der Waals surface area contributed by atoms with Gasteiger partial charge in [0.1, 0.15) is 11.4 Å². The Balaban J connectivity index is 2.42. The van der Waals surface area contributed by atoms with Crippen molar-refractivity contribution in [2.75, 3.05) is 13.3 Å². The molecule has 2 aromatic rings. The molecule has 0 saturated carbocycles. The summed E-state index contributed by atoms with van der Waals surface area (Å²) >= 11 is 2.85. The third-order valence-electron chi connectivity index (χ3n) is 3.47. The molecule has 0 aliphatic heterocycles. The van der Waals surface area contributed by atoms with Gasteiger partial charge in [-0.3, -0.25) is 9.36 Å². The van der Waals surface area contributed by atoms with Gasteiger partial charge in [0.15, 0.2) is 14.7 Å². The molecule has 0 aliphatic rings. The average Bonchev–Trinajstić information content (AvgIpc) is 2.91. The predicted octanol–water partition coefficient (Wildman–Crippen LogP) is 3.04.